The quantitative estimate of drug-likeness (QED) is 0.0891. The highest BCUT2D eigenvalue weighted by molar-refractivity contribution is 8.01. The maximum absolute atomic E-state index is 13.4. The topological polar surface area (TPSA) is 238 Å². The maximum atomic E-state index is 13.4. The number of aromatic hydroxyl groups is 2. The first-order valence-electron chi connectivity index (χ1n) is 13.2. The molecular formula is C27H24N6O9S2. The molecule has 1 aliphatic carbocycles. The van der Waals surface area contributed by atoms with Crippen LogP contribution in [-0.4, -0.2) is 87.0 Å². The van der Waals surface area contributed by atoms with E-state index in [1.807, 2.05) is 0 Å². The number of hydrogen-bond acceptors (Lipinski definition) is 13. The van der Waals surface area contributed by atoms with Crippen LogP contribution in [0.1, 0.15) is 37.6 Å². The monoisotopic (exact) mass is 640 g/mol. The molecule has 3 atom stereocenters. The van der Waals surface area contributed by atoms with Crippen molar-refractivity contribution in [2.45, 2.75) is 48.5 Å². The molecule has 3 aromatic rings. The number of aliphatic carboxylic acids is 2. The number of benzene rings is 1. The van der Waals surface area contributed by atoms with Gasteiger partial charge in [-0.05, 0) is 36.9 Å². The molecule has 0 spiro atoms. The normalized spacial score (nSPS) is 22.6. The van der Waals surface area contributed by atoms with E-state index in [-0.39, 0.29) is 52.1 Å². The fraction of sp³-hybridized carbons (Fsp3) is 0.296. The molecule has 2 amide bonds. The molecule has 1 saturated carbocycles. The lowest BCUT2D eigenvalue weighted by molar-refractivity contribution is -0.178. The Morgan fingerprint density at radius 3 is 2.55 bits per heavy atom. The zero-order valence-corrected chi connectivity index (χ0v) is 24.4. The first kappa shape index (κ1) is 29.2. The highest BCUT2D eigenvalue weighted by Gasteiger charge is 2.56. The number of carbonyl (C=O) groups is 4. The van der Waals surface area contributed by atoms with Gasteiger partial charge >= 0.3 is 11.9 Å². The number of phenolic OH excluding ortho intramolecular Hbond substituents is 2. The van der Waals surface area contributed by atoms with Gasteiger partial charge in [-0.15, -0.1) is 23.1 Å². The number of carboxylic acid groups (broad SMARTS) is 2. The second kappa shape index (κ2) is 10.7. The van der Waals surface area contributed by atoms with Crippen LogP contribution >= 0.6 is 23.1 Å². The molecule has 0 radical (unpaired) electrons. The molecule has 2 unspecified atom stereocenters. The Bertz CT molecular complexity index is 1820. The number of nitrogens with zero attached hydrogens (tertiary/aromatic N) is 4. The van der Waals surface area contributed by atoms with E-state index in [1.54, 1.807) is 13.0 Å². The molecule has 15 nitrogen and oxygen atoms in total. The molecule has 17 heteroatoms. The van der Waals surface area contributed by atoms with Crippen LogP contribution in [0.3, 0.4) is 0 Å². The van der Waals surface area contributed by atoms with Gasteiger partial charge < -0.3 is 36.3 Å². The van der Waals surface area contributed by atoms with Gasteiger partial charge in [0.2, 0.25) is 5.60 Å². The minimum absolute atomic E-state index is 0.0166. The van der Waals surface area contributed by atoms with E-state index in [0.29, 0.717) is 17.2 Å². The van der Waals surface area contributed by atoms with Crippen molar-refractivity contribution in [2.24, 2.45) is 5.16 Å². The Morgan fingerprint density at radius 2 is 1.93 bits per heavy atom. The van der Waals surface area contributed by atoms with Crippen molar-refractivity contribution < 1.29 is 44.4 Å². The Kier molecular flexibility index (Phi) is 7.08. The van der Waals surface area contributed by atoms with E-state index in [2.05, 4.69) is 20.4 Å². The summed E-state index contributed by atoms with van der Waals surface area (Å²) in [6.07, 6.45) is 2.43. The summed E-state index contributed by atoms with van der Waals surface area (Å²) in [5, 5.41) is 47.4. The number of amides is 2. The Balaban J connectivity index is 1.32. The fourth-order valence-electron chi connectivity index (χ4n) is 5.29. The van der Waals surface area contributed by atoms with Crippen molar-refractivity contribution in [3.05, 3.63) is 46.9 Å². The number of phenols is 2. The van der Waals surface area contributed by atoms with Gasteiger partial charge in [-0.3, -0.25) is 19.5 Å². The number of carboxylic acids is 2. The van der Waals surface area contributed by atoms with Gasteiger partial charge in [0, 0.05) is 40.6 Å². The number of nitrogen functional groups attached to an aromatic ring is 1. The number of nitrogens with two attached hydrogens (primary N) is 1. The summed E-state index contributed by atoms with van der Waals surface area (Å²) in [4.78, 5) is 66.1. The molecule has 3 aliphatic rings. The fourth-order valence-corrected chi connectivity index (χ4v) is 7.29. The van der Waals surface area contributed by atoms with Crippen LogP contribution in [0.5, 0.6) is 11.5 Å². The van der Waals surface area contributed by atoms with Gasteiger partial charge in [-0.1, -0.05) is 5.16 Å². The molecule has 1 aromatic carbocycles. The lowest BCUT2D eigenvalue weighted by Gasteiger charge is -2.51. The Labute approximate surface area is 256 Å². The minimum atomic E-state index is -1.58. The predicted molar refractivity (Wildman–Crippen MR) is 158 cm³/mol. The summed E-state index contributed by atoms with van der Waals surface area (Å²) in [7, 11) is 0. The largest absolute Gasteiger partial charge is 0.504 e. The Hall–Kier alpha value is -4.90. The van der Waals surface area contributed by atoms with Crippen molar-refractivity contribution in [1.29, 1.82) is 0 Å². The number of carbonyl (C=O) groups excluding carboxylic acids is 2. The number of aromatic nitrogens is 2. The van der Waals surface area contributed by atoms with Crippen molar-refractivity contribution in [3.63, 3.8) is 0 Å². The van der Waals surface area contributed by atoms with Gasteiger partial charge in [-0.2, -0.15) is 0 Å². The molecule has 1 saturated heterocycles. The maximum Gasteiger partial charge on any atom is 0.353 e. The number of oxime groups is 1. The van der Waals surface area contributed by atoms with Gasteiger partial charge in [0.1, 0.15) is 22.8 Å². The summed E-state index contributed by atoms with van der Waals surface area (Å²) in [5.74, 6) is -5.00. The molecule has 228 valence electrons. The number of nitrogens with one attached hydrogen (secondary N) is 1. The molecule has 44 heavy (non-hydrogen) atoms. The molecule has 2 aliphatic heterocycles. The molecule has 4 heterocycles. The van der Waals surface area contributed by atoms with Gasteiger partial charge in [-0.25, -0.2) is 14.6 Å². The van der Waals surface area contributed by atoms with Crippen LogP contribution in [-0.2, 0) is 24.0 Å². The molecule has 2 fully saturated rings. The summed E-state index contributed by atoms with van der Waals surface area (Å²) >= 11 is 2.23. The molecular weight excluding hydrogens is 616 g/mol. The number of thiazole rings is 1. The third-order valence-electron chi connectivity index (χ3n) is 7.74. The number of pyridine rings is 1. The number of thioether (sulfide) groups is 1. The van der Waals surface area contributed by atoms with E-state index in [9.17, 15) is 39.6 Å². The molecule has 0 bridgehead atoms. The second-order valence-corrected chi connectivity index (χ2v) is 12.7. The lowest BCUT2D eigenvalue weighted by atomic mass is 9.80. The third-order valence-corrected chi connectivity index (χ3v) is 9.82. The van der Waals surface area contributed by atoms with Crippen molar-refractivity contribution in [2.75, 3.05) is 5.73 Å². The predicted octanol–water partition coefficient (Wildman–Crippen LogP) is 1.70. The first-order chi connectivity index (χ1) is 20.9. The van der Waals surface area contributed by atoms with Crippen LogP contribution in [0, 0.1) is 0 Å². The highest BCUT2D eigenvalue weighted by atomic mass is 32.2. The van der Waals surface area contributed by atoms with Crippen LogP contribution in [0.15, 0.2) is 40.6 Å². The van der Waals surface area contributed by atoms with E-state index in [0.717, 1.165) is 16.2 Å². The standard InChI is InChI=1S/C27H24N6O9S2/c1-10-16(17-12-8-15(35)14(34)7-11(12)3-6-29-17)20(24(38)39)33-22(37)19(23(33)44-10)31-21(36)18(13-9-43-26(28)30-13)32-42-27(25(40)41)4-2-5-27/h3,6-10,19,23,34-35H,2,4-5H2,1H3,(H2,28,30)(H,31,36)(H,38,39)(H,40,41)/b32-18-/t10?,19?,23-/m1/s1. The van der Waals surface area contributed by atoms with E-state index < -0.39 is 51.8 Å². The number of anilines is 1. The summed E-state index contributed by atoms with van der Waals surface area (Å²) in [6.45, 7) is 1.73. The van der Waals surface area contributed by atoms with Crippen molar-refractivity contribution in [3.8, 4) is 11.5 Å². The first-order valence-corrected chi connectivity index (χ1v) is 15.0. The number of β-lactam (4-membered cyclic amide) rings is 1. The van der Waals surface area contributed by atoms with E-state index in [1.165, 1.54) is 35.5 Å². The van der Waals surface area contributed by atoms with Crippen LogP contribution in [0.4, 0.5) is 5.13 Å². The van der Waals surface area contributed by atoms with Crippen molar-refractivity contribution in [1.82, 2.24) is 20.2 Å². The third kappa shape index (κ3) is 4.64. The van der Waals surface area contributed by atoms with Crippen molar-refractivity contribution >= 4 is 74.0 Å². The zero-order valence-electron chi connectivity index (χ0n) is 22.8. The van der Waals surface area contributed by atoms with Crippen LogP contribution in [0.25, 0.3) is 16.3 Å². The number of fused-ring (bicyclic) bond motifs is 2. The highest BCUT2D eigenvalue weighted by Crippen LogP contribution is 2.48. The molecule has 6 rings (SSSR count). The average Bonchev–Trinajstić information content (AvgIpc) is 3.38. The van der Waals surface area contributed by atoms with E-state index in [4.69, 9.17) is 10.6 Å². The van der Waals surface area contributed by atoms with Gasteiger partial charge in [0.05, 0.1) is 5.69 Å². The van der Waals surface area contributed by atoms with E-state index >= 15 is 0 Å². The van der Waals surface area contributed by atoms with Gasteiger partial charge in [0.15, 0.2) is 22.3 Å². The summed E-state index contributed by atoms with van der Waals surface area (Å²) in [5.41, 5.74) is 3.89. The minimum Gasteiger partial charge on any atom is -0.504 e. The summed E-state index contributed by atoms with van der Waals surface area (Å²) < 4.78 is 0. The van der Waals surface area contributed by atoms with Crippen LogP contribution < -0.4 is 11.1 Å². The Morgan fingerprint density at radius 1 is 1.20 bits per heavy atom. The zero-order chi connectivity index (χ0) is 31.5. The lowest BCUT2D eigenvalue weighted by Crippen LogP contribution is -2.71. The molecule has 7 N–H and O–H groups in total. The number of hydrogen-bond donors (Lipinski definition) is 6. The summed E-state index contributed by atoms with van der Waals surface area (Å²) in [6, 6.07) is 3.02. The molecule has 2 aromatic heterocycles. The smallest absolute Gasteiger partial charge is 0.353 e. The SMILES string of the molecule is CC1S[C@@H]2C(NC(=O)/C(=N\OC3(C(=O)O)CCC3)c3csc(N)n3)C(=O)N2C(C(=O)O)=C1c1nccc2cc(O)c(O)cc12. The number of rotatable bonds is 8. The van der Waals surface area contributed by atoms with Gasteiger partial charge in [0.25, 0.3) is 11.8 Å². The average molecular weight is 641 g/mol. The van der Waals surface area contributed by atoms with Crippen LogP contribution in [0.2, 0.25) is 0 Å². The second-order valence-electron chi connectivity index (χ2n) is 10.4.